The molecule has 1 unspecified atom stereocenters. The number of methoxy groups -OCH3 is 1. The summed E-state index contributed by atoms with van der Waals surface area (Å²) in [7, 11) is 1.61. The summed E-state index contributed by atoms with van der Waals surface area (Å²) >= 11 is 0. The van der Waals surface area contributed by atoms with Gasteiger partial charge >= 0.3 is 5.97 Å². The maximum atomic E-state index is 14.0. The van der Waals surface area contributed by atoms with E-state index in [-0.39, 0.29) is 18.9 Å². The number of ether oxygens (including phenoxy) is 3. The van der Waals surface area contributed by atoms with E-state index in [0.717, 1.165) is 29.9 Å². The van der Waals surface area contributed by atoms with Crippen molar-refractivity contribution in [2.24, 2.45) is 0 Å². The molecule has 0 aliphatic carbocycles. The first-order chi connectivity index (χ1) is 12.5. The number of hydrogen-bond donors (Lipinski definition) is 1. The van der Waals surface area contributed by atoms with Gasteiger partial charge in [0, 0.05) is 18.6 Å². The van der Waals surface area contributed by atoms with Gasteiger partial charge in [-0.3, -0.25) is 4.79 Å². The normalized spacial score (nSPS) is 15.7. The highest BCUT2D eigenvalue weighted by molar-refractivity contribution is 5.67. The van der Waals surface area contributed by atoms with Crippen LogP contribution in [0, 0.1) is 5.82 Å². The summed E-state index contributed by atoms with van der Waals surface area (Å²) < 4.78 is 30.9. The predicted molar refractivity (Wildman–Crippen MR) is 93.6 cm³/mol. The minimum atomic E-state index is -0.948. The molecule has 1 N–H and O–H groups in total. The van der Waals surface area contributed by atoms with Gasteiger partial charge < -0.3 is 19.3 Å². The minimum Gasteiger partial charge on any atom is -0.497 e. The van der Waals surface area contributed by atoms with Crippen molar-refractivity contribution in [3.63, 3.8) is 0 Å². The third kappa shape index (κ3) is 4.45. The Bertz CT molecular complexity index is 790. The Morgan fingerprint density at radius 3 is 2.81 bits per heavy atom. The monoisotopic (exact) mass is 360 g/mol. The zero-order chi connectivity index (χ0) is 18.5. The van der Waals surface area contributed by atoms with E-state index in [2.05, 4.69) is 0 Å². The Balaban J connectivity index is 1.57. The Kier molecular flexibility index (Phi) is 5.61. The predicted octanol–water partition coefficient (Wildman–Crippen LogP) is 3.62. The third-order valence-corrected chi connectivity index (χ3v) is 4.37. The molecule has 1 aliphatic heterocycles. The van der Waals surface area contributed by atoms with Crippen molar-refractivity contribution in [1.29, 1.82) is 0 Å². The van der Waals surface area contributed by atoms with Crippen LogP contribution in [0.15, 0.2) is 36.4 Å². The fourth-order valence-corrected chi connectivity index (χ4v) is 2.90. The van der Waals surface area contributed by atoms with Gasteiger partial charge in [-0.15, -0.1) is 0 Å². The van der Waals surface area contributed by atoms with Crippen LogP contribution in [0.2, 0.25) is 0 Å². The number of carbonyl (C=O) groups is 1. The van der Waals surface area contributed by atoms with E-state index in [4.69, 9.17) is 19.3 Å². The minimum absolute atomic E-state index is 0.101. The summed E-state index contributed by atoms with van der Waals surface area (Å²) in [6, 6.07) is 10.3. The highest BCUT2D eigenvalue weighted by Gasteiger charge is 2.21. The quantitative estimate of drug-likeness (QED) is 0.817. The molecule has 1 aliphatic rings. The molecule has 0 fully saturated rings. The maximum Gasteiger partial charge on any atom is 0.303 e. The van der Waals surface area contributed by atoms with Crippen molar-refractivity contribution in [1.82, 2.24) is 0 Å². The Hall–Kier alpha value is -2.76. The van der Waals surface area contributed by atoms with Gasteiger partial charge in [-0.1, -0.05) is 12.1 Å². The molecule has 6 heteroatoms. The maximum absolute atomic E-state index is 14.0. The average molecular weight is 360 g/mol. The molecule has 3 rings (SSSR count). The fourth-order valence-electron chi connectivity index (χ4n) is 2.90. The Morgan fingerprint density at radius 1 is 1.27 bits per heavy atom. The molecule has 2 aromatic carbocycles. The molecule has 0 bridgehead atoms. The van der Waals surface area contributed by atoms with Gasteiger partial charge in [-0.2, -0.15) is 0 Å². The lowest BCUT2D eigenvalue weighted by atomic mass is 10.0. The average Bonchev–Trinajstić information content (AvgIpc) is 2.64. The number of carboxylic acids is 1. The lowest BCUT2D eigenvalue weighted by molar-refractivity contribution is -0.136. The number of halogens is 1. The van der Waals surface area contributed by atoms with Crippen LogP contribution >= 0.6 is 0 Å². The molecule has 0 radical (unpaired) electrons. The van der Waals surface area contributed by atoms with E-state index in [1.54, 1.807) is 19.2 Å². The van der Waals surface area contributed by atoms with E-state index in [0.29, 0.717) is 17.9 Å². The van der Waals surface area contributed by atoms with E-state index < -0.39 is 11.8 Å². The molecule has 0 saturated heterocycles. The number of carboxylic acid groups (broad SMARTS) is 1. The Morgan fingerprint density at radius 2 is 2.08 bits per heavy atom. The zero-order valence-electron chi connectivity index (χ0n) is 14.5. The molecule has 0 saturated carbocycles. The second-order valence-electron chi connectivity index (χ2n) is 6.21. The lowest BCUT2D eigenvalue weighted by Crippen LogP contribution is -2.29. The molecule has 1 heterocycles. The first-order valence-electron chi connectivity index (χ1n) is 8.51. The summed E-state index contributed by atoms with van der Waals surface area (Å²) in [5, 5.41) is 8.68. The number of fused-ring (bicyclic) bond motifs is 1. The third-order valence-electron chi connectivity index (χ3n) is 4.37. The standard InChI is InChI=1S/C20H21FO5/c1-24-15-6-3-14-4-8-17(26-19(14)11-15)12-25-16-7-2-13(18(21)10-16)5-9-20(22)23/h2-3,6-7,10-11,17H,4-5,8-9,12H2,1H3,(H,22,23). The van der Waals surface area contributed by atoms with Gasteiger partial charge in [0.05, 0.1) is 7.11 Å². The molecule has 0 spiro atoms. The van der Waals surface area contributed by atoms with Crippen LogP contribution in [-0.2, 0) is 17.6 Å². The van der Waals surface area contributed by atoms with Crippen molar-refractivity contribution in [3.8, 4) is 17.2 Å². The SMILES string of the molecule is COc1ccc2c(c1)OC(COc1ccc(CCC(=O)O)c(F)c1)CC2. The number of benzene rings is 2. The second-order valence-corrected chi connectivity index (χ2v) is 6.21. The number of hydrogen-bond acceptors (Lipinski definition) is 4. The highest BCUT2D eigenvalue weighted by Crippen LogP contribution is 2.31. The van der Waals surface area contributed by atoms with Gasteiger partial charge in [-0.25, -0.2) is 4.39 Å². The molecule has 5 nitrogen and oxygen atoms in total. The number of aryl methyl sites for hydroxylation is 2. The topological polar surface area (TPSA) is 65.0 Å². The van der Waals surface area contributed by atoms with Crippen molar-refractivity contribution >= 4 is 5.97 Å². The van der Waals surface area contributed by atoms with E-state index >= 15 is 0 Å². The molecule has 0 aromatic heterocycles. The summed E-state index contributed by atoms with van der Waals surface area (Å²) in [6.45, 7) is 0.310. The Labute approximate surface area is 151 Å². The summed E-state index contributed by atoms with van der Waals surface area (Å²) in [4.78, 5) is 10.6. The highest BCUT2D eigenvalue weighted by atomic mass is 19.1. The summed E-state index contributed by atoms with van der Waals surface area (Å²) in [5.41, 5.74) is 1.51. The van der Waals surface area contributed by atoms with Crippen molar-refractivity contribution in [2.45, 2.75) is 31.8 Å². The number of rotatable bonds is 7. The van der Waals surface area contributed by atoms with Crippen LogP contribution in [0.5, 0.6) is 17.2 Å². The van der Waals surface area contributed by atoms with Crippen LogP contribution in [0.1, 0.15) is 24.0 Å². The molecular weight excluding hydrogens is 339 g/mol. The van der Waals surface area contributed by atoms with Gasteiger partial charge in [-0.05, 0) is 42.5 Å². The van der Waals surface area contributed by atoms with Crippen molar-refractivity contribution < 1.29 is 28.5 Å². The summed E-state index contributed by atoms with van der Waals surface area (Å²) in [5.74, 6) is 0.532. The van der Waals surface area contributed by atoms with Gasteiger partial charge in [0.25, 0.3) is 0 Å². The fraction of sp³-hybridized carbons (Fsp3) is 0.350. The smallest absolute Gasteiger partial charge is 0.303 e. The van der Waals surface area contributed by atoms with Crippen molar-refractivity contribution in [2.75, 3.05) is 13.7 Å². The molecule has 0 amide bonds. The van der Waals surface area contributed by atoms with Crippen LogP contribution in [0.3, 0.4) is 0 Å². The molecular formula is C20H21FO5. The summed E-state index contributed by atoms with van der Waals surface area (Å²) in [6.07, 6.45) is 1.64. The van der Waals surface area contributed by atoms with Crippen LogP contribution < -0.4 is 14.2 Å². The first kappa shape index (κ1) is 18.0. The lowest BCUT2D eigenvalue weighted by Gasteiger charge is -2.26. The molecule has 1 atom stereocenters. The zero-order valence-corrected chi connectivity index (χ0v) is 14.5. The largest absolute Gasteiger partial charge is 0.497 e. The van der Waals surface area contributed by atoms with E-state index in [1.807, 2.05) is 18.2 Å². The van der Waals surface area contributed by atoms with Crippen LogP contribution in [-0.4, -0.2) is 30.9 Å². The second kappa shape index (κ2) is 8.08. The van der Waals surface area contributed by atoms with Crippen LogP contribution in [0.4, 0.5) is 4.39 Å². The van der Waals surface area contributed by atoms with E-state index in [9.17, 15) is 9.18 Å². The van der Waals surface area contributed by atoms with Gasteiger partial charge in [0.2, 0.25) is 0 Å². The van der Waals surface area contributed by atoms with Gasteiger partial charge in [0.15, 0.2) is 0 Å². The van der Waals surface area contributed by atoms with Crippen molar-refractivity contribution in [3.05, 3.63) is 53.3 Å². The first-order valence-corrected chi connectivity index (χ1v) is 8.51. The number of aliphatic carboxylic acids is 1. The van der Waals surface area contributed by atoms with Gasteiger partial charge in [0.1, 0.15) is 35.8 Å². The molecule has 138 valence electrons. The molecule has 2 aromatic rings. The molecule has 26 heavy (non-hydrogen) atoms. The van der Waals surface area contributed by atoms with E-state index in [1.165, 1.54) is 6.07 Å². The van der Waals surface area contributed by atoms with Crippen LogP contribution in [0.25, 0.3) is 0 Å².